The van der Waals surface area contributed by atoms with Crippen molar-refractivity contribution in [1.29, 1.82) is 0 Å². The van der Waals surface area contributed by atoms with Gasteiger partial charge in [-0.15, -0.1) is 0 Å². The molecular weight excluding hydrogens is 516 g/mol. The second-order valence-corrected chi connectivity index (χ2v) is 11.0. The SMILES string of the molecule is CC[C@H](C)[C@H](NC(=O)[C@H](NC(=O)[C@H](CCC(=O)OCc1ccccc1)NC(=O)OC(C)(C)C)[C@@H](C)CC)C(N)=O. The molecule has 11 heteroatoms. The summed E-state index contributed by atoms with van der Waals surface area (Å²) in [5, 5.41) is 7.86. The lowest BCUT2D eigenvalue weighted by atomic mass is 9.94. The Kier molecular flexibility index (Phi) is 14.2. The van der Waals surface area contributed by atoms with Crippen molar-refractivity contribution in [3.8, 4) is 0 Å². The molecule has 0 saturated carbocycles. The first-order chi connectivity index (χ1) is 18.7. The van der Waals surface area contributed by atoms with Crippen LogP contribution < -0.4 is 21.7 Å². The van der Waals surface area contributed by atoms with E-state index in [0.717, 1.165) is 5.56 Å². The van der Waals surface area contributed by atoms with Gasteiger partial charge in [-0.2, -0.15) is 0 Å². The lowest BCUT2D eigenvalue weighted by Crippen LogP contribution is -2.59. The van der Waals surface area contributed by atoms with E-state index >= 15 is 0 Å². The number of hydrogen-bond acceptors (Lipinski definition) is 7. The minimum Gasteiger partial charge on any atom is -0.461 e. The first kappa shape index (κ1) is 34.4. The van der Waals surface area contributed by atoms with Gasteiger partial charge in [0, 0.05) is 6.42 Å². The fourth-order valence-electron chi connectivity index (χ4n) is 3.72. The quantitative estimate of drug-likeness (QED) is 0.239. The van der Waals surface area contributed by atoms with Crippen molar-refractivity contribution in [2.45, 2.75) is 104 Å². The molecule has 1 rings (SSSR count). The number of ether oxygens (including phenoxy) is 2. The Labute approximate surface area is 237 Å². The second kappa shape index (κ2) is 16.5. The summed E-state index contributed by atoms with van der Waals surface area (Å²) in [6.45, 7) is 12.4. The third kappa shape index (κ3) is 12.5. The number of hydrogen-bond donors (Lipinski definition) is 4. The second-order valence-electron chi connectivity index (χ2n) is 11.0. The van der Waals surface area contributed by atoms with Crippen LogP contribution in [0.15, 0.2) is 30.3 Å². The van der Waals surface area contributed by atoms with E-state index in [1.165, 1.54) is 0 Å². The molecule has 1 aromatic rings. The predicted molar refractivity (Wildman–Crippen MR) is 151 cm³/mol. The summed E-state index contributed by atoms with van der Waals surface area (Å²) in [6.07, 6.45) is 0.0405. The van der Waals surface area contributed by atoms with Crippen LogP contribution in [0.3, 0.4) is 0 Å². The molecule has 0 bridgehead atoms. The molecule has 0 heterocycles. The molecule has 0 spiro atoms. The van der Waals surface area contributed by atoms with Crippen LogP contribution in [0.5, 0.6) is 0 Å². The number of carbonyl (C=O) groups is 5. The van der Waals surface area contributed by atoms with Crippen LogP contribution in [-0.4, -0.2) is 53.5 Å². The lowest BCUT2D eigenvalue weighted by Gasteiger charge is -2.29. The minimum absolute atomic E-state index is 0.0729. The Balaban J connectivity index is 3.03. The Morgan fingerprint density at radius 1 is 0.850 bits per heavy atom. The largest absolute Gasteiger partial charge is 0.461 e. The summed E-state index contributed by atoms with van der Waals surface area (Å²) in [5.74, 6) is -2.99. The minimum atomic E-state index is -1.19. The molecule has 1 aromatic carbocycles. The highest BCUT2D eigenvalue weighted by Gasteiger charge is 2.33. The first-order valence-electron chi connectivity index (χ1n) is 13.8. The number of primary amides is 1. The van der Waals surface area contributed by atoms with E-state index in [-0.39, 0.29) is 31.3 Å². The third-order valence-corrected chi connectivity index (χ3v) is 6.50. The van der Waals surface area contributed by atoms with Gasteiger partial charge >= 0.3 is 12.1 Å². The molecule has 11 nitrogen and oxygen atoms in total. The van der Waals surface area contributed by atoms with Crippen LogP contribution in [0.1, 0.15) is 79.7 Å². The topological polar surface area (TPSA) is 166 Å². The van der Waals surface area contributed by atoms with E-state index in [1.807, 2.05) is 44.2 Å². The van der Waals surface area contributed by atoms with E-state index in [2.05, 4.69) is 16.0 Å². The van der Waals surface area contributed by atoms with Crippen molar-refractivity contribution in [3.63, 3.8) is 0 Å². The van der Waals surface area contributed by atoms with Gasteiger partial charge in [0.05, 0.1) is 0 Å². The van der Waals surface area contributed by atoms with Crippen molar-refractivity contribution in [2.24, 2.45) is 17.6 Å². The summed E-state index contributed by atoms with van der Waals surface area (Å²) in [5.41, 5.74) is 5.50. The number of nitrogens with one attached hydrogen (secondary N) is 3. The number of alkyl carbamates (subject to hydrolysis) is 1. The molecular formula is C29H46N4O7. The van der Waals surface area contributed by atoms with Crippen molar-refractivity contribution in [1.82, 2.24) is 16.0 Å². The Hall–Kier alpha value is -3.63. The third-order valence-electron chi connectivity index (χ3n) is 6.50. The van der Waals surface area contributed by atoms with Gasteiger partial charge in [0.2, 0.25) is 17.7 Å². The van der Waals surface area contributed by atoms with Gasteiger partial charge in [-0.05, 0) is 44.6 Å². The number of nitrogens with two attached hydrogens (primary N) is 1. The molecule has 4 amide bonds. The molecule has 5 N–H and O–H groups in total. The number of amides is 4. The Morgan fingerprint density at radius 3 is 1.93 bits per heavy atom. The van der Waals surface area contributed by atoms with Crippen LogP contribution in [0, 0.1) is 11.8 Å². The fourth-order valence-corrected chi connectivity index (χ4v) is 3.72. The lowest BCUT2D eigenvalue weighted by molar-refractivity contribution is -0.145. The molecule has 0 saturated heterocycles. The van der Waals surface area contributed by atoms with Crippen molar-refractivity contribution < 1.29 is 33.4 Å². The summed E-state index contributed by atoms with van der Waals surface area (Å²) in [4.78, 5) is 63.5. The smallest absolute Gasteiger partial charge is 0.408 e. The van der Waals surface area contributed by atoms with Gasteiger partial charge in [0.25, 0.3) is 0 Å². The zero-order valence-electron chi connectivity index (χ0n) is 24.7. The van der Waals surface area contributed by atoms with Crippen LogP contribution >= 0.6 is 0 Å². The van der Waals surface area contributed by atoms with E-state index in [9.17, 15) is 24.0 Å². The Morgan fingerprint density at radius 2 is 1.40 bits per heavy atom. The number of carbonyl (C=O) groups excluding carboxylic acids is 5. The molecule has 0 fully saturated rings. The van der Waals surface area contributed by atoms with Crippen LogP contribution in [-0.2, 0) is 35.3 Å². The number of esters is 1. The number of benzene rings is 1. The molecule has 0 aromatic heterocycles. The van der Waals surface area contributed by atoms with E-state index in [0.29, 0.717) is 12.8 Å². The van der Waals surface area contributed by atoms with Crippen molar-refractivity contribution in [2.75, 3.05) is 0 Å². The van der Waals surface area contributed by atoms with Gasteiger partial charge in [0.15, 0.2) is 0 Å². The normalized spacial score (nSPS) is 15.0. The Bertz CT molecular complexity index is 994. The fraction of sp³-hybridized carbons (Fsp3) is 0.621. The summed E-state index contributed by atoms with van der Waals surface area (Å²) < 4.78 is 10.6. The van der Waals surface area contributed by atoms with Crippen LogP contribution in [0.25, 0.3) is 0 Å². The van der Waals surface area contributed by atoms with Crippen LogP contribution in [0.2, 0.25) is 0 Å². The van der Waals surface area contributed by atoms with E-state index < -0.39 is 53.5 Å². The molecule has 0 aliphatic carbocycles. The maximum Gasteiger partial charge on any atom is 0.408 e. The van der Waals surface area contributed by atoms with Gasteiger partial charge in [-0.1, -0.05) is 70.9 Å². The molecule has 0 unspecified atom stereocenters. The van der Waals surface area contributed by atoms with E-state index in [1.54, 1.807) is 34.6 Å². The maximum absolute atomic E-state index is 13.4. The average molecular weight is 563 g/mol. The summed E-state index contributed by atoms with van der Waals surface area (Å²) in [6, 6.07) is 6.02. The van der Waals surface area contributed by atoms with Crippen molar-refractivity contribution in [3.05, 3.63) is 35.9 Å². The standard InChI is InChI=1S/C29H46N4O7/c1-8-18(3)23(25(30)35)32-27(37)24(19(4)9-2)33-26(36)21(31-28(38)40-29(5,6)7)15-16-22(34)39-17-20-13-11-10-12-14-20/h10-14,18-19,21,23-24H,8-9,15-17H2,1-7H3,(H2,30,35)(H,31,38)(H,32,37)(H,33,36)/t18-,19-,21-,23-,24+/m0/s1. The molecule has 0 radical (unpaired) electrons. The maximum atomic E-state index is 13.4. The zero-order chi connectivity index (χ0) is 30.5. The predicted octanol–water partition coefficient (Wildman–Crippen LogP) is 2.95. The van der Waals surface area contributed by atoms with Gasteiger partial charge in [-0.25, -0.2) is 4.79 Å². The van der Waals surface area contributed by atoms with Crippen molar-refractivity contribution >= 4 is 29.8 Å². The monoisotopic (exact) mass is 562 g/mol. The van der Waals surface area contributed by atoms with Gasteiger partial charge in [-0.3, -0.25) is 19.2 Å². The van der Waals surface area contributed by atoms with Gasteiger partial charge in [0.1, 0.15) is 30.3 Å². The highest BCUT2D eigenvalue weighted by Crippen LogP contribution is 2.14. The van der Waals surface area contributed by atoms with Crippen LogP contribution in [0.4, 0.5) is 4.79 Å². The zero-order valence-corrected chi connectivity index (χ0v) is 24.7. The molecule has 5 atom stereocenters. The highest BCUT2D eigenvalue weighted by molar-refractivity contribution is 5.94. The summed E-state index contributed by atoms with van der Waals surface area (Å²) in [7, 11) is 0. The molecule has 40 heavy (non-hydrogen) atoms. The first-order valence-corrected chi connectivity index (χ1v) is 13.8. The molecule has 224 valence electrons. The molecule has 0 aliphatic heterocycles. The van der Waals surface area contributed by atoms with E-state index in [4.69, 9.17) is 15.2 Å². The highest BCUT2D eigenvalue weighted by atomic mass is 16.6. The van der Waals surface area contributed by atoms with Gasteiger partial charge < -0.3 is 31.2 Å². The molecule has 0 aliphatic rings. The summed E-state index contributed by atoms with van der Waals surface area (Å²) >= 11 is 0. The average Bonchev–Trinajstić information content (AvgIpc) is 2.89. The number of rotatable bonds is 15.